The molecule has 3 rings (SSSR count). The first kappa shape index (κ1) is 10.8. The average Bonchev–Trinajstić information content (AvgIpc) is 3.11. The molecule has 0 N–H and O–H groups in total. The van der Waals surface area contributed by atoms with Gasteiger partial charge in [-0.3, -0.25) is 4.57 Å². The fourth-order valence-electron chi connectivity index (χ4n) is 2.03. The highest BCUT2D eigenvalue weighted by molar-refractivity contribution is 5.65. The summed E-state index contributed by atoms with van der Waals surface area (Å²) in [4.78, 5) is 0. The lowest BCUT2D eigenvalue weighted by atomic mass is 10.0. The number of nitrogens with zero attached hydrogens (tertiary/aromatic N) is 3. The molecule has 0 atom stereocenters. The molecule has 0 unspecified atom stereocenters. The largest absolute Gasteiger partial charge is 0.464 e. The Labute approximate surface area is 105 Å². The van der Waals surface area contributed by atoms with Crippen LogP contribution in [0.15, 0.2) is 53.7 Å². The van der Waals surface area contributed by atoms with Gasteiger partial charge in [-0.05, 0) is 36.2 Å². The predicted molar refractivity (Wildman–Crippen MR) is 68.4 cm³/mol. The maximum Gasteiger partial charge on any atom is 0.134 e. The van der Waals surface area contributed by atoms with Crippen LogP contribution in [0.3, 0.4) is 0 Å². The van der Waals surface area contributed by atoms with Crippen LogP contribution in [0.25, 0.3) is 17.0 Å². The third kappa shape index (κ3) is 1.82. The Morgan fingerprint density at radius 3 is 2.67 bits per heavy atom. The smallest absolute Gasteiger partial charge is 0.134 e. The van der Waals surface area contributed by atoms with Gasteiger partial charge < -0.3 is 4.42 Å². The summed E-state index contributed by atoms with van der Waals surface area (Å²) in [6, 6.07) is 10.2. The molecule has 0 amide bonds. The van der Waals surface area contributed by atoms with E-state index in [0.717, 1.165) is 23.4 Å². The van der Waals surface area contributed by atoms with Gasteiger partial charge >= 0.3 is 0 Å². The lowest BCUT2D eigenvalue weighted by molar-refractivity contribution is 0.581. The number of aromatic nitrogens is 3. The Hall–Kier alpha value is -2.36. The molecule has 0 fully saturated rings. The number of rotatable bonds is 3. The monoisotopic (exact) mass is 239 g/mol. The summed E-state index contributed by atoms with van der Waals surface area (Å²) >= 11 is 0. The standard InChI is InChI=1S/C14H13N3O/c1-2-11-5-6-12(17-9-15-16-10-17)8-13(11)14-4-3-7-18-14/h3-10H,2H2,1H3. The highest BCUT2D eigenvalue weighted by atomic mass is 16.3. The summed E-state index contributed by atoms with van der Waals surface area (Å²) < 4.78 is 7.37. The van der Waals surface area contributed by atoms with E-state index in [1.165, 1.54) is 5.56 Å². The second kappa shape index (κ2) is 4.49. The van der Waals surface area contributed by atoms with Gasteiger partial charge in [-0.2, -0.15) is 0 Å². The fraction of sp³-hybridized carbons (Fsp3) is 0.143. The zero-order valence-electron chi connectivity index (χ0n) is 10.1. The molecule has 0 aliphatic heterocycles. The van der Waals surface area contributed by atoms with Crippen molar-refractivity contribution >= 4 is 0 Å². The molecule has 2 aromatic heterocycles. The van der Waals surface area contributed by atoms with Gasteiger partial charge in [0.05, 0.1) is 6.26 Å². The van der Waals surface area contributed by atoms with Crippen LogP contribution in [0.5, 0.6) is 0 Å². The van der Waals surface area contributed by atoms with E-state index in [9.17, 15) is 0 Å². The number of aryl methyl sites for hydroxylation is 1. The van der Waals surface area contributed by atoms with E-state index in [0.29, 0.717) is 0 Å². The van der Waals surface area contributed by atoms with Crippen molar-refractivity contribution in [3.63, 3.8) is 0 Å². The summed E-state index contributed by atoms with van der Waals surface area (Å²) in [6.07, 6.45) is 6.04. The molecular weight excluding hydrogens is 226 g/mol. The van der Waals surface area contributed by atoms with Crippen LogP contribution in [0.1, 0.15) is 12.5 Å². The second-order valence-corrected chi connectivity index (χ2v) is 4.04. The number of furan rings is 1. The summed E-state index contributed by atoms with van der Waals surface area (Å²) in [5.41, 5.74) is 3.42. The van der Waals surface area contributed by atoms with Crippen LogP contribution in [-0.2, 0) is 6.42 Å². The molecule has 3 aromatic rings. The summed E-state index contributed by atoms with van der Waals surface area (Å²) in [7, 11) is 0. The molecule has 0 aliphatic carbocycles. The molecule has 0 spiro atoms. The number of hydrogen-bond acceptors (Lipinski definition) is 3. The molecule has 90 valence electrons. The van der Waals surface area contributed by atoms with E-state index in [4.69, 9.17) is 4.42 Å². The van der Waals surface area contributed by atoms with E-state index in [1.807, 2.05) is 16.7 Å². The van der Waals surface area contributed by atoms with E-state index in [1.54, 1.807) is 18.9 Å². The minimum absolute atomic E-state index is 0.891. The zero-order chi connectivity index (χ0) is 12.4. The first-order valence-electron chi connectivity index (χ1n) is 5.90. The van der Waals surface area contributed by atoms with Crippen molar-refractivity contribution in [3.05, 3.63) is 54.8 Å². The van der Waals surface area contributed by atoms with Crippen molar-refractivity contribution in [3.8, 4) is 17.0 Å². The molecular formula is C14H13N3O. The summed E-state index contributed by atoms with van der Waals surface area (Å²) in [5.74, 6) is 0.891. The third-order valence-electron chi connectivity index (χ3n) is 2.98. The van der Waals surface area contributed by atoms with Crippen LogP contribution >= 0.6 is 0 Å². The molecule has 18 heavy (non-hydrogen) atoms. The quantitative estimate of drug-likeness (QED) is 0.705. The van der Waals surface area contributed by atoms with E-state index in [2.05, 4.69) is 35.3 Å². The maximum atomic E-state index is 5.49. The average molecular weight is 239 g/mol. The Bertz CT molecular complexity index is 627. The molecule has 0 saturated heterocycles. The Morgan fingerprint density at radius 1 is 1.17 bits per heavy atom. The van der Waals surface area contributed by atoms with Crippen LogP contribution in [0.2, 0.25) is 0 Å². The van der Waals surface area contributed by atoms with Crippen molar-refractivity contribution in [1.82, 2.24) is 14.8 Å². The minimum atomic E-state index is 0.891. The fourth-order valence-corrected chi connectivity index (χ4v) is 2.03. The van der Waals surface area contributed by atoms with Gasteiger partial charge in [0.25, 0.3) is 0 Å². The SMILES string of the molecule is CCc1ccc(-n2cnnc2)cc1-c1ccco1. The molecule has 1 aromatic carbocycles. The summed E-state index contributed by atoms with van der Waals surface area (Å²) in [6.45, 7) is 2.14. The normalized spacial score (nSPS) is 10.7. The van der Waals surface area contributed by atoms with E-state index >= 15 is 0 Å². The van der Waals surface area contributed by atoms with Crippen molar-refractivity contribution < 1.29 is 4.42 Å². The molecule has 0 radical (unpaired) electrons. The van der Waals surface area contributed by atoms with Gasteiger partial charge in [0.2, 0.25) is 0 Å². The summed E-state index contributed by atoms with van der Waals surface area (Å²) in [5, 5.41) is 7.65. The topological polar surface area (TPSA) is 43.9 Å². The van der Waals surface area contributed by atoms with E-state index < -0.39 is 0 Å². The first-order chi connectivity index (χ1) is 8.88. The third-order valence-corrected chi connectivity index (χ3v) is 2.98. The lowest BCUT2D eigenvalue weighted by Crippen LogP contribution is -1.94. The van der Waals surface area contributed by atoms with Crippen molar-refractivity contribution in [2.24, 2.45) is 0 Å². The zero-order valence-corrected chi connectivity index (χ0v) is 10.1. The molecule has 2 heterocycles. The van der Waals surface area contributed by atoms with Crippen LogP contribution in [0, 0.1) is 0 Å². The number of hydrogen-bond donors (Lipinski definition) is 0. The van der Waals surface area contributed by atoms with E-state index in [-0.39, 0.29) is 0 Å². The molecule has 0 saturated carbocycles. The van der Waals surface area contributed by atoms with Gasteiger partial charge in [-0.1, -0.05) is 13.0 Å². The van der Waals surface area contributed by atoms with Gasteiger partial charge in [-0.25, -0.2) is 0 Å². The Kier molecular flexibility index (Phi) is 2.68. The first-order valence-corrected chi connectivity index (χ1v) is 5.90. The van der Waals surface area contributed by atoms with Crippen LogP contribution in [0.4, 0.5) is 0 Å². The highest BCUT2D eigenvalue weighted by Crippen LogP contribution is 2.27. The van der Waals surface area contributed by atoms with Crippen LogP contribution < -0.4 is 0 Å². The van der Waals surface area contributed by atoms with Crippen molar-refractivity contribution in [2.75, 3.05) is 0 Å². The maximum absolute atomic E-state index is 5.49. The predicted octanol–water partition coefficient (Wildman–Crippen LogP) is 3.09. The van der Waals surface area contributed by atoms with Gasteiger partial charge in [0.15, 0.2) is 0 Å². The van der Waals surface area contributed by atoms with Gasteiger partial charge in [0.1, 0.15) is 18.4 Å². The minimum Gasteiger partial charge on any atom is -0.464 e. The van der Waals surface area contributed by atoms with Crippen LogP contribution in [-0.4, -0.2) is 14.8 Å². The Morgan fingerprint density at radius 2 is 2.00 bits per heavy atom. The van der Waals surface area contributed by atoms with Gasteiger partial charge in [-0.15, -0.1) is 10.2 Å². The van der Waals surface area contributed by atoms with Crippen molar-refractivity contribution in [1.29, 1.82) is 0 Å². The second-order valence-electron chi connectivity index (χ2n) is 4.04. The molecule has 0 aliphatic rings. The lowest BCUT2D eigenvalue weighted by Gasteiger charge is -2.08. The molecule has 4 heteroatoms. The van der Waals surface area contributed by atoms with Gasteiger partial charge in [0, 0.05) is 11.3 Å². The molecule has 4 nitrogen and oxygen atoms in total. The highest BCUT2D eigenvalue weighted by Gasteiger charge is 2.08. The van der Waals surface area contributed by atoms with Crippen molar-refractivity contribution in [2.45, 2.75) is 13.3 Å². The molecule has 0 bridgehead atoms. The Balaban J connectivity index is 2.14. The number of benzene rings is 1.